The Bertz CT molecular complexity index is 538. The van der Waals surface area contributed by atoms with Crippen molar-refractivity contribution in [1.29, 1.82) is 0 Å². The minimum Gasteiger partial charge on any atom is -0.352 e. The normalized spacial score (nSPS) is 29.1. The highest BCUT2D eigenvalue weighted by Crippen LogP contribution is 2.46. The maximum atomic E-state index is 6.25. The van der Waals surface area contributed by atoms with Gasteiger partial charge in [-0.3, -0.25) is 0 Å². The molecule has 0 aromatic heterocycles. The molecule has 3 aliphatic rings. The van der Waals surface area contributed by atoms with E-state index in [0.29, 0.717) is 22.0 Å². The Hall–Kier alpha value is -0.730. The Kier molecular flexibility index (Phi) is 2.04. The number of aliphatic imine (C=N–C) groups is 1. The molecule has 2 aliphatic heterocycles. The maximum absolute atomic E-state index is 6.25. The molecule has 4 rings (SSSR count). The lowest BCUT2D eigenvalue weighted by molar-refractivity contribution is 0.317. The fraction of sp³-hybridized carbons (Fsp3) is 0.462. The first kappa shape index (κ1) is 10.2. The van der Waals surface area contributed by atoms with Crippen LogP contribution in [0.5, 0.6) is 0 Å². The van der Waals surface area contributed by atoms with Crippen LogP contribution in [-0.4, -0.2) is 16.8 Å². The summed E-state index contributed by atoms with van der Waals surface area (Å²) in [5, 5.41) is 1.21. The Morgan fingerprint density at radius 2 is 2.12 bits per heavy atom. The third kappa shape index (κ3) is 1.31. The van der Waals surface area contributed by atoms with Gasteiger partial charge in [0, 0.05) is 18.5 Å². The molecule has 2 unspecified atom stereocenters. The lowest BCUT2D eigenvalue weighted by Gasteiger charge is -2.34. The lowest BCUT2D eigenvalue weighted by Crippen LogP contribution is -2.38. The van der Waals surface area contributed by atoms with E-state index in [0.717, 1.165) is 12.2 Å². The predicted octanol–water partition coefficient (Wildman–Crippen LogP) is 4.02. The summed E-state index contributed by atoms with van der Waals surface area (Å²) in [5.74, 6) is 1.90. The molecule has 2 atom stereocenters. The fourth-order valence-electron chi connectivity index (χ4n) is 3.39. The van der Waals surface area contributed by atoms with Gasteiger partial charge in [-0.25, -0.2) is 4.99 Å². The molecule has 1 saturated heterocycles. The molecule has 1 saturated carbocycles. The van der Waals surface area contributed by atoms with E-state index in [-0.39, 0.29) is 0 Å². The molecule has 1 aromatic rings. The summed E-state index contributed by atoms with van der Waals surface area (Å²) in [7, 11) is 0. The molecule has 0 N–H and O–H groups in total. The summed E-state index contributed by atoms with van der Waals surface area (Å²) in [4.78, 5) is 7.24. The molecule has 1 aromatic carbocycles. The van der Waals surface area contributed by atoms with Crippen molar-refractivity contribution in [3.05, 3.63) is 27.7 Å². The monoisotopic (exact) mass is 266 g/mol. The van der Waals surface area contributed by atoms with Gasteiger partial charge in [0.05, 0.1) is 15.7 Å². The van der Waals surface area contributed by atoms with Crippen molar-refractivity contribution in [2.75, 3.05) is 0 Å². The van der Waals surface area contributed by atoms with Crippen molar-refractivity contribution in [3.8, 4) is 0 Å². The Labute approximate surface area is 110 Å². The van der Waals surface area contributed by atoms with Crippen LogP contribution in [0.2, 0.25) is 10.0 Å². The fourth-order valence-corrected chi connectivity index (χ4v) is 3.77. The average molecular weight is 267 g/mol. The first-order chi connectivity index (χ1) is 8.24. The quantitative estimate of drug-likeness (QED) is 0.693. The van der Waals surface area contributed by atoms with Gasteiger partial charge in [-0.1, -0.05) is 29.3 Å². The van der Waals surface area contributed by atoms with Gasteiger partial charge in [-0.2, -0.15) is 0 Å². The zero-order valence-electron chi connectivity index (χ0n) is 9.29. The zero-order chi connectivity index (χ0) is 11.6. The Morgan fingerprint density at radius 3 is 3.00 bits per heavy atom. The number of nitrogens with zero attached hydrogens (tertiary/aromatic N) is 2. The molecule has 2 bridgehead atoms. The van der Waals surface area contributed by atoms with Crippen LogP contribution in [0.3, 0.4) is 0 Å². The number of fused-ring (bicyclic) bond motifs is 6. The molecule has 0 spiro atoms. The summed E-state index contributed by atoms with van der Waals surface area (Å²) >= 11 is 12.3. The second kappa shape index (κ2) is 3.39. The number of amidine groups is 1. The molecule has 1 aliphatic carbocycles. The van der Waals surface area contributed by atoms with Gasteiger partial charge in [-0.15, -0.1) is 0 Å². The number of hydrogen-bond acceptors (Lipinski definition) is 2. The number of benzene rings is 1. The smallest absolute Gasteiger partial charge is 0.109 e. The number of piperidine rings is 1. The topological polar surface area (TPSA) is 15.6 Å². The molecule has 0 amide bonds. The Morgan fingerprint density at radius 1 is 1.24 bits per heavy atom. The van der Waals surface area contributed by atoms with Gasteiger partial charge in [0.15, 0.2) is 0 Å². The predicted molar refractivity (Wildman–Crippen MR) is 70.2 cm³/mol. The molecule has 0 radical (unpaired) electrons. The molecule has 4 heteroatoms. The van der Waals surface area contributed by atoms with E-state index in [1.165, 1.54) is 30.7 Å². The van der Waals surface area contributed by atoms with Crippen molar-refractivity contribution in [3.63, 3.8) is 0 Å². The van der Waals surface area contributed by atoms with Crippen molar-refractivity contribution >= 4 is 34.7 Å². The van der Waals surface area contributed by atoms with E-state index >= 15 is 0 Å². The van der Waals surface area contributed by atoms with Gasteiger partial charge < -0.3 is 4.90 Å². The minimum absolute atomic E-state index is 0.603. The van der Waals surface area contributed by atoms with Crippen molar-refractivity contribution in [1.82, 2.24) is 4.90 Å². The number of hydrogen-bond donors (Lipinski definition) is 0. The molecule has 2 nitrogen and oxygen atoms in total. The second-order valence-corrected chi connectivity index (χ2v) is 5.92. The molecular formula is C13H12Cl2N2. The van der Waals surface area contributed by atoms with Crippen molar-refractivity contribution in [2.45, 2.75) is 31.8 Å². The largest absolute Gasteiger partial charge is 0.352 e. The summed E-state index contributed by atoms with van der Waals surface area (Å²) in [6, 6.07) is 4.63. The highest BCUT2D eigenvalue weighted by atomic mass is 35.5. The number of rotatable bonds is 0. The van der Waals surface area contributed by atoms with E-state index in [4.69, 9.17) is 28.2 Å². The first-order valence-electron chi connectivity index (χ1n) is 6.06. The highest BCUT2D eigenvalue weighted by molar-refractivity contribution is 6.43. The van der Waals surface area contributed by atoms with Gasteiger partial charge in [0.1, 0.15) is 5.84 Å². The molecule has 2 heterocycles. The van der Waals surface area contributed by atoms with Gasteiger partial charge in [0.25, 0.3) is 0 Å². The van der Waals surface area contributed by atoms with Crippen LogP contribution >= 0.6 is 23.2 Å². The van der Waals surface area contributed by atoms with Crippen LogP contribution in [0, 0.1) is 5.92 Å². The van der Waals surface area contributed by atoms with E-state index in [1.54, 1.807) is 0 Å². The van der Waals surface area contributed by atoms with E-state index in [2.05, 4.69) is 11.0 Å². The highest BCUT2D eigenvalue weighted by Gasteiger charge is 2.44. The molecule has 17 heavy (non-hydrogen) atoms. The van der Waals surface area contributed by atoms with Crippen LogP contribution in [0.1, 0.15) is 24.8 Å². The number of halogens is 2. The van der Waals surface area contributed by atoms with Gasteiger partial charge in [-0.05, 0) is 30.9 Å². The zero-order valence-corrected chi connectivity index (χ0v) is 10.8. The van der Waals surface area contributed by atoms with E-state index in [9.17, 15) is 0 Å². The van der Waals surface area contributed by atoms with Crippen LogP contribution in [0.4, 0.5) is 5.69 Å². The minimum atomic E-state index is 0.603. The van der Waals surface area contributed by atoms with Crippen molar-refractivity contribution in [2.24, 2.45) is 10.9 Å². The summed E-state index contributed by atoms with van der Waals surface area (Å²) in [5.41, 5.74) is 2.11. The summed E-state index contributed by atoms with van der Waals surface area (Å²) in [6.45, 7) is 0.951. The standard InChI is InChI=1S/C13H12Cl2N2/c14-10-4-2-8-6-17-9-3-1-7(5-9)13(17)16-12(8)11(10)15/h2,4,7,9H,1,3,5-6H2. The van der Waals surface area contributed by atoms with Gasteiger partial charge >= 0.3 is 0 Å². The van der Waals surface area contributed by atoms with Crippen LogP contribution in [0.25, 0.3) is 0 Å². The van der Waals surface area contributed by atoms with Crippen LogP contribution in [0.15, 0.2) is 17.1 Å². The van der Waals surface area contributed by atoms with E-state index in [1.807, 2.05) is 6.07 Å². The second-order valence-electron chi connectivity index (χ2n) is 5.13. The van der Waals surface area contributed by atoms with Gasteiger partial charge in [0.2, 0.25) is 0 Å². The molecule has 88 valence electrons. The SMILES string of the molecule is Clc1ccc2c(c1Cl)N=C1C3CCC(C3)N1C2. The maximum Gasteiger partial charge on any atom is 0.109 e. The summed E-state index contributed by atoms with van der Waals surface area (Å²) < 4.78 is 0. The first-order valence-corrected chi connectivity index (χ1v) is 6.82. The van der Waals surface area contributed by atoms with E-state index < -0.39 is 0 Å². The average Bonchev–Trinajstić information content (AvgIpc) is 2.94. The van der Waals surface area contributed by atoms with Crippen LogP contribution < -0.4 is 0 Å². The molecule has 2 fully saturated rings. The summed E-state index contributed by atoms with van der Waals surface area (Å²) in [6.07, 6.45) is 3.88. The lowest BCUT2D eigenvalue weighted by atomic mass is 10.0. The van der Waals surface area contributed by atoms with Crippen molar-refractivity contribution < 1.29 is 0 Å². The third-order valence-corrected chi connectivity index (χ3v) is 5.02. The molecular weight excluding hydrogens is 255 g/mol. The Balaban J connectivity index is 1.88. The van der Waals surface area contributed by atoms with Crippen LogP contribution in [-0.2, 0) is 6.54 Å². The third-order valence-electron chi connectivity index (χ3n) is 4.22.